The smallest absolute Gasteiger partial charge is 0.134 e. The largest absolute Gasteiger partial charge is 0.314 e. The molecule has 1 spiro atoms. The number of carbonyl (C=O) groups is 1. The van der Waals surface area contributed by atoms with Gasteiger partial charge in [-0.3, -0.25) is 9.69 Å². The van der Waals surface area contributed by atoms with Crippen LogP contribution in [-0.4, -0.2) is 41.9 Å². The van der Waals surface area contributed by atoms with Crippen LogP contribution in [0.5, 0.6) is 0 Å². The topological polar surface area (TPSA) is 32.3 Å². The molecule has 3 heterocycles. The van der Waals surface area contributed by atoms with E-state index in [1.807, 2.05) is 0 Å². The lowest BCUT2D eigenvalue weighted by molar-refractivity contribution is -0.129. The van der Waals surface area contributed by atoms with E-state index < -0.39 is 0 Å². The molecule has 1 saturated carbocycles. The van der Waals surface area contributed by atoms with Gasteiger partial charge in [0.15, 0.2) is 0 Å². The van der Waals surface area contributed by atoms with Gasteiger partial charge in [0.2, 0.25) is 0 Å². The van der Waals surface area contributed by atoms with Crippen molar-refractivity contribution in [3.63, 3.8) is 0 Å². The first-order valence-electron chi connectivity index (χ1n) is 7.31. The normalized spacial score (nSPS) is 49.9. The van der Waals surface area contributed by atoms with Crippen LogP contribution in [-0.2, 0) is 4.79 Å². The molecule has 0 aromatic carbocycles. The Morgan fingerprint density at radius 2 is 2.06 bits per heavy atom. The molecule has 3 saturated heterocycles. The second kappa shape index (κ2) is 3.55. The molecular formula is C14H22N2O. The van der Waals surface area contributed by atoms with Gasteiger partial charge in [0.1, 0.15) is 5.78 Å². The van der Waals surface area contributed by atoms with Crippen LogP contribution in [0.3, 0.4) is 0 Å². The molecule has 4 atom stereocenters. The molecule has 3 aliphatic heterocycles. The summed E-state index contributed by atoms with van der Waals surface area (Å²) < 4.78 is 0. The van der Waals surface area contributed by atoms with E-state index in [2.05, 4.69) is 10.2 Å². The van der Waals surface area contributed by atoms with Crippen molar-refractivity contribution in [1.82, 2.24) is 10.2 Å². The van der Waals surface area contributed by atoms with Crippen LogP contribution in [0.15, 0.2) is 0 Å². The minimum atomic E-state index is 0.280. The molecule has 1 aliphatic carbocycles. The Bertz CT molecular complexity index is 348. The standard InChI is InChI=1S/C14H22N2O/c17-11-2-1-10-4-7-16-8-5-13-12(3-6-15-13)14(10,16)9-11/h10,12-13,15H,1-9H2/t10-,12-,13?,14+/m1/s1. The Morgan fingerprint density at radius 3 is 3.00 bits per heavy atom. The van der Waals surface area contributed by atoms with Gasteiger partial charge >= 0.3 is 0 Å². The summed E-state index contributed by atoms with van der Waals surface area (Å²) >= 11 is 0. The summed E-state index contributed by atoms with van der Waals surface area (Å²) in [5.41, 5.74) is 0.280. The van der Waals surface area contributed by atoms with E-state index in [0.717, 1.165) is 24.7 Å². The molecule has 4 fully saturated rings. The van der Waals surface area contributed by atoms with Gasteiger partial charge in [0, 0.05) is 31.0 Å². The average molecular weight is 234 g/mol. The van der Waals surface area contributed by atoms with Crippen molar-refractivity contribution < 1.29 is 4.79 Å². The van der Waals surface area contributed by atoms with E-state index in [1.165, 1.54) is 45.3 Å². The van der Waals surface area contributed by atoms with E-state index in [0.29, 0.717) is 11.8 Å². The molecular weight excluding hydrogens is 212 g/mol. The summed E-state index contributed by atoms with van der Waals surface area (Å²) in [6.07, 6.45) is 6.82. The molecule has 3 nitrogen and oxygen atoms in total. The lowest BCUT2D eigenvalue weighted by Crippen LogP contribution is -2.63. The number of carbonyl (C=O) groups excluding carboxylic acids is 1. The summed E-state index contributed by atoms with van der Waals surface area (Å²) in [4.78, 5) is 14.7. The van der Waals surface area contributed by atoms with Gasteiger partial charge in [-0.1, -0.05) is 0 Å². The Morgan fingerprint density at radius 1 is 1.18 bits per heavy atom. The van der Waals surface area contributed by atoms with Gasteiger partial charge < -0.3 is 5.32 Å². The van der Waals surface area contributed by atoms with Gasteiger partial charge in [0.05, 0.1) is 0 Å². The monoisotopic (exact) mass is 234 g/mol. The van der Waals surface area contributed by atoms with E-state index >= 15 is 0 Å². The van der Waals surface area contributed by atoms with Gasteiger partial charge in [-0.05, 0) is 50.6 Å². The third-order valence-corrected chi connectivity index (χ3v) is 5.99. The number of hydrogen-bond acceptors (Lipinski definition) is 3. The number of rotatable bonds is 0. The van der Waals surface area contributed by atoms with Crippen LogP contribution in [0, 0.1) is 11.8 Å². The highest BCUT2D eigenvalue weighted by Crippen LogP contribution is 2.53. The van der Waals surface area contributed by atoms with Crippen molar-refractivity contribution in [3.05, 3.63) is 0 Å². The lowest BCUT2D eigenvalue weighted by Gasteiger charge is -2.54. The summed E-state index contributed by atoms with van der Waals surface area (Å²) in [6, 6.07) is 0.706. The number of ketones is 1. The van der Waals surface area contributed by atoms with Crippen LogP contribution < -0.4 is 5.32 Å². The van der Waals surface area contributed by atoms with Gasteiger partial charge in [-0.15, -0.1) is 0 Å². The maximum Gasteiger partial charge on any atom is 0.134 e. The number of nitrogens with zero attached hydrogens (tertiary/aromatic N) is 1. The zero-order chi connectivity index (χ0) is 11.5. The van der Waals surface area contributed by atoms with Crippen LogP contribution in [0.25, 0.3) is 0 Å². The molecule has 4 rings (SSSR count). The molecule has 3 heteroatoms. The summed E-state index contributed by atoms with van der Waals surface area (Å²) in [6.45, 7) is 3.64. The fraction of sp³-hybridized carbons (Fsp3) is 0.929. The molecule has 94 valence electrons. The quantitative estimate of drug-likeness (QED) is 0.683. The number of piperidine rings is 1. The summed E-state index contributed by atoms with van der Waals surface area (Å²) in [5, 5.41) is 3.68. The highest BCUT2D eigenvalue weighted by atomic mass is 16.1. The highest BCUT2D eigenvalue weighted by Gasteiger charge is 2.60. The van der Waals surface area contributed by atoms with Gasteiger partial charge in [0.25, 0.3) is 0 Å². The maximum atomic E-state index is 12.0. The van der Waals surface area contributed by atoms with Crippen LogP contribution in [0.2, 0.25) is 0 Å². The zero-order valence-electron chi connectivity index (χ0n) is 10.5. The number of hydrogen-bond donors (Lipinski definition) is 1. The van der Waals surface area contributed by atoms with E-state index in [1.54, 1.807) is 0 Å². The lowest BCUT2D eigenvalue weighted by atomic mass is 9.62. The summed E-state index contributed by atoms with van der Waals surface area (Å²) in [5.74, 6) is 2.10. The number of fused-ring (bicyclic) bond motifs is 1. The van der Waals surface area contributed by atoms with Crippen LogP contribution in [0.1, 0.15) is 38.5 Å². The van der Waals surface area contributed by atoms with Gasteiger partial charge in [-0.2, -0.15) is 0 Å². The molecule has 0 aromatic heterocycles. The number of Topliss-reactive ketones (excluding diaryl/α,β-unsaturated/α-hetero) is 1. The van der Waals surface area contributed by atoms with E-state index in [-0.39, 0.29) is 5.54 Å². The van der Waals surface area contributed by atoms with Crippen LogP contribution in [0.4, 0.5) is 0 Å². The molecule has 4 aliphatic rings. The van der Waals surface area contributed by atoms with Crippen molar-refractivity contribution in [2.45, 2.75) is 50.1 Å². The summed E-state index contributed by atoms with van der Waals surface area (Å²) in [7, 11) is 0. The molecule has 0 radical (unpaired) electrons. The fourth-order valence-corrected chi connectivity index (χ4v) is 5.37. The maximum absolute atomic E-state index is 12.0. The Labute approximate surface area is 103 Å². The second-order valence-electron chi connectivity index (χ2n) is 6.46. The van der Waals surface area contributed by atoms with Crippen molar-refractivity contribution in [3.8, 4) is 0 Å². The predicted octanol–water partition coefficient (Wildman–Crippen LogP) is 1.18. The molecule has 1 N–H and O–H groups in total. The third kappa shape index (κ3) is 1.27. The predicted molar refractivity (Wildman–Crippen MR) is 65.8 cm³/mol. The van der Waals surface area contributed by atoms with Crippen molar-refractivity contribution >= 4 is 5.78 Å². The first kappa shape index (κ1) is 10.5. The van der Waals surface area contributed by atoms with Crippen LogP contribution >= 0.6 is 0 Å². The molecule has 0 bridgehead atoms. The molecule has 0 aromatic rings. The molecule has 0 amide bonds. The SMILES string of the molecule is O=C1CC[C@@H]2CCN3CCC4NCC[C@H]4[C@]23C1. The Balaban J connectivity index is 1.76. The zero-order valence-corrected chi connectivity index (χ0v) is 10.5. The minimum absolute atomic E-state index is 0.280. The Kier molecular flexibility index (Phi) is 2.19. The van der Waals surface area contributed by atoms with E-state index in [4.69, 9.17) is 0 Å². The van der Waals surface area contributed by atoms with Crippen molar-refractivity contribution in [1.29, 1.82) is 0 Å². The highest BCUT2D eigenvalue weighted by molar-refractivity contribution is 5.81. The van der Waals surface area contributed by atoms with Crippen molar-refractivity contribution in [2.75, 3.05) is 19.6 Å². The van der Waals surface area contributed by atoms with Gasteiger partial charge in [-0.25, -0.2) is 0 Å². The van der Waals surface area contributed by atoms with Crippen molar-refractivity contribution in [2.24, 2.45) is 11.8 Å². The fourth-order valence-electron chi connectivity index (χ4n) is 5.37. The third-order valence-electron chi connectivity index (χ3n) is 5.99. The average Bonchev–Trinajstić information content (AvgIpc) is 2.90. The molecule has 17 heavy (non-hydrogen) atoms. The first-order chi connectivity index (χ1) is 8.30. The first-order valence-corrected chi connectivity index (χ1v) is 7.31. The second-order valence-corrected chi connectivity index (χ2v) is 6.46. The number of nitrogens with one attached hydrogen (secondary N) is 1. The van der Waals surface area contributed by atoms with E-state index in [9.17, 15) is 4.79 Å². The minimum Gasteiger partial charge on any atom is -0.314 e. The Hall–Kier alpha value is -0.410. The molecule has 1 unspecified atom stereocenters.